The van der Waals surface area contributed by atoms with Crippen molar-refractivity contribution >= 4 is 16.8 Å². The largest absolute Gasteiger partial charge is 0.384 e. The van der Waals surface area contributed by atoms with Crippen LogP contribution in [-0.2, 0) is 6.42 Å². The molecule has 5 nitrogen and oxygen atoms in total. The third-order valence-corrected chi connectivity index (χ3v) is 4.66. The first-order valence-corrected chi connectivity index (χ1v) is 7.49. The van der Waals surface area contributed by atoms with Crippen LogP contribution >= 0.6 is 0 Å². The molecule has 0 saturated carbocycles. The molecule has 0 bridgehead atoms. The Hall–Kier alpha value is -2.40. The van der Waals surface area contributed by atoms with E-state index in [1.165, 1.54) is 0 Å². The van der Waals surface area contributed by atoms with Crippen LogP contribution in [-0.4, -0.2) is 25.5 Å². The zero-order chi connectivity index (χ0) is 15.3. The second-order valence-corrected chi connectivity index (χ2v) is 5.83. The van der Waals surface area contributed by atoms with E-state index >= 15 is 0 Å². The van der Waals surface area contributed by atoms with E-state index in [-0.39, 0.29) is 5.91 Å². The van der Waals surface area contributed by atoms with Crippen molar-refractivity contribution in [2.75, 3.05) is 0 Å². The first-order chi connectivity index (χ1) is 10.7. The summed E-state index contributed by atoms with van der Waals surface area (Å²) in [4.78, 5) is 19.9. The van der Waals surface area contributed by atoms with Gasteiger partial charge >= 0.3 is 0 Å². The Morgan fingerprint density at radius 1 is 1.41 bits per heavy atom. The molecule has 2 unspecified atom stereocenters. The molecule has 1 aliphatic heterocycles. The second-order valence-electron chi connectivity index (χ2n) is 5.83. The Kier molecular flexibility index (Phi) is 2.90. The normalized spacial score (nSPS) is 19.4. The minimum Gasteiger partial charge on any atom is -0.384 e. The van der Waals surface area contributed by atoms with Crippen LogP contribution in [0.4, 0.5) is 0 Å². The third-order valence-electron chi connectivity index (χ3n) is 4.66. The molecule has 3 aromatic rings. The lowest BCUT2D eigenvalue weighted by Gasteiger charge is -2.27. The molecule has 1 aromatic carbocycles. The van der Waals surface area contributed by atoms with E-state index in [0.29, 0.717) is 12.2 Å². The first-order valence-electron chi connectivity index (χ1n) is 7.49. The van der Waals surface area contributed by atoms with Gasteiger partial charge in [0.1, 0.15) is 11.9 Å². The highest BCUT2D eigenvalue weighted by molar-refractivity contribution is 5.97. The molecule has 0 radical (unpaired) electrons. The molecule has 2 N–H and O–H groups in total. The van der Waals surface area contributed by atoms with Crippen LogP contribution in [0, 0.1) is 12.8 Å². The number of fused-ring (bicyclic) bond motifs is 3. The lowest BCUT2D eigenvalue weighted by atomic mass is 9.90. The number of aliphatic hydroxyl groups is 1. The van der Waals surface area contributed by atoms with Crippen molar-refractivity contribution in [3.05, 3.63) is 53.7 Å². The maximum atomic E-state index is 12.9. The van der Waals surface area contributed by atoms with Gasteiger partial charge in [-0.2, -0.15) is 0 Å². The quantitative estimate of drug-likeness (QED) is 0.763. The van der Waals surface area contributed by atoms with Crippen molar-refractivity contribution in [3.8, 4) is 0 Å². The average molecular weight is 295 g/mol. The number of H-pyrrole nitrogens is 1. The lowest BCUT2D eigenvalue weighted by molar-refractivity contribution is 0.0519. The van der Waals surface area contributed by atoms with Crippen molar-refractivity contribution in [2.45, 2.75) is 25.9 Å². The van der Waals surface area contributed by atoms with Crippen LogP contribution < -0.4 is 0 Å². The fraction of sp³-hybridized carbons (Fsp3) is 0.294. The van der Waals surface area contributed by atoms with Gasteiger partial charge in [0.25, 0.3) is 0 Å². The third kappa shape index (κ3) is 1.75. The van der Waals surface area contributed by atoms with Gasteiger partial charge in [0.05, 0.1) is 11.4 Å². The van der Waals surface area contributed by atoms with E-state index in [0.717, 1.165) is 28.6 Å². The zero-order valence-electron chi connectivity index (χ0n) is 12.3. The van der Waals surface area contributed by atoms with Crippen LogP contribution in [0.5, 0.6) is 0 Å². The number of carbonyl (C=O) groups is 1. The number of imidazole rings is 1. The molecule has 5 heteroatoms. The van der Waals surface area contributed by atoms with Gasteiger partial charge in [-0.15, -0.1) is 0 Å². The summed E-state index contributed by atoms with van der Waals surface area (Å²) in [6.45, 7) is 2.06. The highest BCUT2D eigenvalue weighted by atomic mass is 16.3. The number of rotatable bonds is 2. The molecule has 3 heterocycles. The number of aromatic amines is 1. The van der Waals surface area contributed by atoms with Gasteiger partial charge in [0.15, 0.2) is 0 Å². The molecule has 2 aromatic heterocycles. The number of para-hydroxylation sites is 1. The second kappa shape index (κ2) is 4.81. The molecular weight excluding hydrogens is 278 g/mol. The molecule has 2 atom stereocenters. The van der Waals surface area contributed by atoms with Crippen LogP contribution in [0.2, 0.25) is 0 Å². The summed E-state index contributed by atoms with van der Waals surface area (Å²) in [5.41, 5.74) is 3.15. The Bertz CT molecular complexity index is 848. The van der Waals surface area contributed by atoms with Crippen LogP contribution in [0.25, 0.3) is 10.9 Å². The average Bonchev–Trinajstić information content (AvgIpc) is 3.16. The predicted octanol–water partition coefficient (Wildman–Crippen LogP) is 2.61. The monoisotopic (exact) mass is 295 g/mol. The van der Waals surface area contributed by atoms with E-state index in [9.17, 15) is 9.90 Å². The van der Waals surface area contributed by atoms with E-state index < -0.39 is 12.0 Å². The number of aliphatic hydroxyl groups excluding tert-OH is 1. The van der Waals surface area contributed by atoms with Gasteiger partial charge in [-0.25, -0.2) is 4.98 Å². The molecule has 0 fully saturated rings. The number of nitrogens with zero attached hydrogens (tertiary/aromatic N) is 2. The minimum absolute atomic E-state index is 0.0468. The van der Waals surface area contributed by atoms with Crippen molar-refractivity contribution < 1.29 is 9.90 Å². The number of benzene rings is 1. The molecule has 0 spiro atoms. The predicted molar refractivity (Wildman–Crippen MR) is 82.7 cm³/mol. The summed E-state index contributed by atoms with van der Waals surface area (Å²) in [6, 6.07) is 7.93. The summed E-state index contributed by atoms with van der Waals surface area (Å²) in [6.07, 6.45) is 3.78. The number of carbonyl (C=O) groups excluding carboxylic acids is 1. The topological polar surface area (TPSA) is 70.9 Å². The summed E-state index contributed by atoms with van der Waals surface area (Å²) < 4.78 is 1.78. The zero-order valence-corrected chi connectivity index (χ0v) is 12.3. The van der Waals surface area contributed by atoms with E-state index in [1.807, 2.05) is 24.3 Å². The van der Waals surface area contributed by atoms with E-state index in [2.05, 4.69) is 16.9 Å². The van der Waals surface area contributed by atoms with Crippen molar-refractivity contribution in [3.63, 3.8) is 0 Å². The Balaban J connectivity index is 1.82. The fourth-order valence-corrected chi connectivity index (χ4v) is 3.51. The first kappa shape index (κ1) is 13.3. The van der Waals surface area contributed by atoms with Gasteiger partial charge in [-0.3, -0.25) is 9.36 Å². The molecule has 0 aliphatic carbocycles. The fourth-order valence-electron chi connectivity index (χ4n) is 3.51. The molecular formula is C17H17N3O2. The SMILES string of the molecule is Cc1c2n(c3ccccc13)C(=O)C(C(O)c1ncc[nH]1)CC2. The van der Waals surface area contributed by atoms with Gasteiger partial charge in [0, 0.05) is 23.5 Å². The molecule has 1 aliphatic rings. The number of hydrogen-bond donors (Lipinski definition) is 2. The van der Waals surface area contributed by atoms with Crippen molar-refractivity contribution in [1.82, 2.24) is 14.5 Å². The lowest BCUT2D eigenvalue weighted by Crippen LogP contribution is -2.33. The summed E-state index contributed by atoms with van der Waals surface area (Å²) in [5.74, 6) is -0.0571. The molecule has 0 amide bonds. The van der Waals surface area contributed by atoms with E-state index in [4.69, 9.17) is 0 Å². The molecule has 112 valence electrons. The van der Waals surface area contributed by atoms with Gasteiger partial charge in [-0.1, -0.05) is 18.2 Å². The van der Waals surface area contributed by atoms with Crippen LogP contribution in [0.3, 0.4) is 0 Å². The smallest absolute Gasteiger partial charge is 0.237 e. The Morgan fingerprint density at radius 2 is 2.23 bits per heavy atom. The summed E-state index contributed by atoms with van der Waals surface area (Å²) in [5, 5.41) is 11.6. The number of aryl methyl sites for hydroxylation is 1. The molecule has 0 saturated heterocycles. The molecule has 4 rings (SSSR count). The number of nitrogens with one attached hydrogen (secondary N) is 1. The summed E-state index contributed by atoms with van der Waals surface area (Å²) in [7, 11) is 0. The summed E-state index contributed by atoms with van der Waals surface area (Å²) >= 11 is 0. The van der Waals surface area contributed by atoms with Gasteiger partial charge < -0.3 is 10.1 Å². The van der Waals surface area contributed by atoms with Crippen LogP contribution in [0.1, 0.15) is 34.4 Å². The van der Waals surface area contributed by atoms with Crippen molar-refractivity contribution in [1.29, 1.82) is 0 Å². The Labute approximate surface area is 127 Å². The van der Waals surface area contributed by atoms with Gasteiger partial charge in [0.2, 0.25) is 5.91 Å². The maximum absolute atomic E-state index is 12.9. The van der Waals surface area contributed by atoms with Gasteiger partial charge in [-0.05, 0) is 31.4 Å². The van der Waals surface area contributed by atoms with E-state index in [1.54, 1.807) is 17.0 Å². The number of aromatic nitrogens is 3. The highest BCUT2D eigenvalue weighted by Crippen LogP contribution is 2.35. The standard InChI is InChI=1S/C17H17N3O2/c1-10-11-4-2-3-5-14(11)20-13(10)7-6-12(17(20)22)15(21)16-18-8-9-19-16/h2-5,8-9,12,15,21H,6-7H2,1H3,(H,18,19). The highest BCUT2D eigenvalue weighted by Gasteiger charge is 2.36. The minimum atomic E-state index is -0.892. The van der Waals surface area contributed by atoms with Crippen molar-refractivity contribution in [2.24, 2.45) is 5.92 Å². The maximum Gasteiger partial charge on any atom is 0.237 e. The Morgan fingerprint density at radius 3 is 3.00 bits per heavy atom. The molecule has 22 heavy (non-hydrogen) atoms. The number of hydrogen-bond acceptors (Lipinski definition) is 3. The van der Waals surface area contributed by atoms with Crippen LogP contribution in [0.15, 0.2) is 36.7 Å².